The molecule has 0 aliphatic carbocycles. The van der Waals surface area contributed by atoms with Crippen molar-refractivity contribution in [2.24, 2.45) is 0 Å². The number of halogens is 1. The lowest BCUT2D eigenvalue weighted by Gasteiger charge is -2.06. The molecule has 1 aromatic carbocycles. The first-order chi connectivity index (χ1) is 6.77. The number of methoxy groups -OCH3 is 1. The molecule has 0 saturated carbocycles. The van der Waals surface area contributed by atoms with E-state index in [2.05, 4.69) is 0 Å². The van der Waals surface area contributed by atoms with E-state index in [1.54, 1.807) is 13.2 Å². The van der Waals surface area contributed by atoms with Crippen molar-refractivity contribution in [1.29, 1.82) is 0 Å². The highest BCUT2D eigenvalue weighted by Crippen LogP contribution is 2.34. The summed E-state index contributed by atoms with van der Waals surface area (Å²) in [5.41, 5.74) is 0.719. The summed E-state index contributed by atoms with van der Waals surface area (Å²) in [4.78, 5) is 0. The first-order valence-electron chi connectivity index (χ1n) is 4.50. The lowest BCUT2D eigenvalue weighted by atomic mass is 10.1. The zero-order chi connectivity index (χ0) is 10.1. The molecule has 0 aliphatic heterocycles. The molecule has 0 spiro atoms. The van der Waals surface area contributed by atoms with E-state index >= 15 is 0 Å². The van der Waals surface area contributed by atoms with Gasteiger partial charge < -0.3 is 4.74 Å². The highest BCUT2D eigenvalue weighted by Gasteiger charge is 2.12. The molecule has 0 unspecified atom stereocenters. The third-order valence-corrected chi connectivity index (χ3v) is 3.23. The van der Waals surface area contributed by atoms with Crippen molar-refractivity contribution in [2.75, 3.05) is 7.11 Å². The lowest BCUT2D eigenvalue weighted by molar-refractivity contribution is 0.418. The van der Waals surface area contributed by atoms with E-state index in [1.165, 1.54) is 11.3 Å². The number of benzene rings is 1. The van der Waals surface area contributed by atoms with E-state index in [4.69, 9.17) is 4.74 Å². The fourth-order valence-electron chi connectivity index (χ4n) is 1.54. The quantitative estimate of drug-likeness (QED) is 0.735. The number of thiophene rings is 1. The summed E-state index contributed by atoms with van der Waals surface area (Å²) < 4.78 is 19.7. The Bertz CT molecular complexity index is 462. The molecule has 0 fully saturated rings. The monoisotopic (exact) mass is 210 g/mol. The van der Waals surface area contributed by atoms with Gasteiger partial charge in [-0.15, -0.1) is 11.3 Å². The Morgan fingerprint density at radius 2 is 2.29 bits per heavy atom. The Morgan fingerprint density at radius 1 is 1.50 bits per heavy atom. The van der Waals surface area contributed by atoms with Gasteiger partial charge in [0.15, 0.2) is 0 Å². The second-order valence-electron chi connectivity index (χ2n) is 3.07. The van der Waals surface area contributed by atoms with Gasteiger partial charge >= 0.3 is 0 Å². The predicted molar refractivity (Wildman–Crippen MR) is 57.7 cm³/mol. The van der Waals surface area contributed by atoms with Crippen LogP contribution >= 0.6 is 11.3 Å². The maximum atomic E-state index is 13.8. The van der Waals surface area contributed by atoms with Gasteiger partial charge in [0.25, 0.3) is 0 Å². The second-order valence-corrected chi connectivity index (χ2v) is 3.99. The molecule has 0 N–H and O–H groups in total. The average Bonchev–Trinajstić information content (AvgIpc) is 2.68. The van der Waals surface area contributed by atoms with Gasteiger partial charge in [0, 0.05) is 5.39 Å². The topological polar surface area (TPSA) is 9.23 Å². The molecule has 0 bridgehead atoms. The maximum absolute atomic E-state index is 13.8. The molecule has 3 heteroatoms. The Balaban J connectivity index is 2.80. The van der Waals surface area contributed by atoms with Crippen LogP contribution in [0, 0.1) is 5.82 Å². The number of fused-ring (bicyclic) bond motifs is 1. The van der Waals surface area contributed by atoms with Gasteiger partial charge in [-0.25, -0.2) is 4.39 Å². The summed E-state index contributed by atoms with van der Waals surface area (Å²) >= 11 is 1.42. The summed E-state index contributed by atoms with van der Waals surface area (Å²) in [5.74, 6) is 0.665. The normalized spacial score (nSPS) is 10.8. The number of rotatable bonds is 2. The minimum Gasteiger partial charge on any atom is -0.496 e. The predicted octanol–water partition coefficient (Wildman–Crippen LogP) is 3.61. The molecule has 0 saturated heterocycles. The van der Waals surface area contributed by atoms with Crippen molar-refractivity contribution in [3.63, 3.8) is 0 Å². The number of ether oxygens (including phenoxy) is 1. The molecular formula is C11H11FOS. The Morgan fingerprint density at radius 3 is 2.93 bits per heavy atom. The van der Waals surface area contributed by atoms with Crippen LogP contribution < -0.4 is 4.74 Å². The minimum atomic E-state index is -0.0988. The van der Waals surface area contributed by atoms with Gasteiger partial charge in [-0.2, -0.15) is 0 Å². The van der Waals surface area contributed by atoms with Crippen molar-refractivity contribution in [3.05, 3.63) is 28.9 Å². The van der Waals surface area contributed by atoms with Crippen molar-refractivity contribution < 1.29 is 9.13 Å². The van der Waals surface area contributed by atoms with Gasteiger partial charge in [-0.05, 0) is 29.5 Å². The van der Waals surface area contributed by atoms with Crippen molar-refractivity contribution in [3.8, 4) is 5.75 Å². The Labute approximate surface area is 86.1 Å². The molecule has 2 aromatic rings. The molecule has 1 heterocycles. The van der Waals surface area contributed by atoms with Gasteiger partial charge in [0.2, 0.25) is 0 Å². The van der Waals surface area contributed by atoms with Crippen LogP contribution in [-0.4, -0.2) is 7.11 Å². The van der Waals surface area contributed by atoms with Gasteiger partial charge in [-0.3, -0.25) is 0 Å². The molecule has 0 amide bonds. The number of aryl methyl sites for hydroxylation is 1. The zero-order valence-corrected chi connectivity index (χ0v) is 8.95. The van der Waals surface area contributed by atoms with Crippen LogP contribution in [0.5, 0.6) is 5.75 Å². The fourth-order valence-corrected chi connectivity index (χ4v) is 2.41. The fraction of sp³-hybridized carbons (Fsp3) is 0.273. The second kappa shape index (κ2) is 3.58. The first-order valence-corrected chi connectivity index (χ1v) is 5.38. The van der Waals surface area contributed by atoms with E-state index in [9.17, 15) is 4.39 Å². The van der Waals surface area contributed by atoms with E-state index in [-0.39, 0.29) is 5.82 Å². The largest absolute Gasteiger partial charge is 0.496 e. The molecule has 2 rings (SSSR count). The summed E-state index contributed by atoms with van der Waals surface area (Å²) in [7, 11) is 1.61. The van der Waals surface area contributed by atoms with E-state index in [1.807, 2.05) is 18.4 Å². The highest BCUT2D eigenvalue weighted by molar-refractivity contribution is 7.17. The molecular weight excluding hydrogens is 199 g/mol. The van der Waals surface area contributed by atoms with Crippen LogP contribution in [-0.2, 0) is 6.42 Å². The van der Waals surface area contributed by atoms with Crippen LogP contribution in [0.3, 0.4) is 0 Å². The van der Waals surface area contributed by atoms with E-state index in [0.29, 0.717) is 11.1 Å². The standard InChI is InChI=1S/C11H11FOS/c1-3-7-6-9(13-2)8-4-5-14-11(8)10(7)12/h4-6H,3H2,1-2H3. The van der Waals surface area contributed by atoms with Gasteiger partial charge in [-0.1, -0.05) is 6.92 Å². The Kier molecular flexibility index (Phi) is 2.42. The van der Waals surface area contributed by atoms with E-state index < -0.39 is 0 Å². The molecule has 0 atom stereocenters. The third-order valence-electron chi connectivity index (χ3n) is 2.32. The third kappa shape index (κ3) is 1.28. The van der Waals surface area contributed by atoms with E-state index in [0.717, 1.165) is 16.7 Å². The summed E-state index contributed by atoms with van der Waals surface area (Å²) in [5, 5.41) is 2.75. The molecule has 74 valence electrons. The molecule has 0 aliphatic rings. The average molecular weight is 210 g/mol. The smallest absolute Gasteiger partial charge is 0.144 e. The SMILES string of the molecule is CCc1cc(OC)c2ccsc2c1F. The van der Waals surface area contributed by atoms with Gasteiger partial charge in [0.05, 0.1) is 11.8 Å². The van der Waals surface area contributed by atoms with Crippen LogP contribution in [0.2, 0.25) is 0 Å². The van der Waals surface area contributed by atoms with Crippen molar-refractivity contribution in [1.82, 2.24) is 0 Å². The number of hydrogen-bond acceptors (Lipinski definition) is 2. The van der Waals surface area contributed by atoms with Gasteiger partial charge in [0.1, 0.15) is 11.6 Å². The Hall–Kier alpha value is -1.09. The minimum absolute atomic E-state index is 0.0988. The highest BCUT2D eigenvalue weighted by atomic mass is 32.1. The summed E-state index contributed by atoms with van der Waals surface area (Å²) in [6.07, 6.45) is 0.691. The molecule has 1 aromatic heterocycles. The summed E-state index contributed by atoms with van der Waals surface area (Å²) in [6, 6.07) is 3.67. The van der Waals surface area contributed by atoms with Crippen LogP contribution in [0.25, 0.3) is 10.1 Å². The molecule has 14 heavy (non-hydrogen) atoms. The van der Waals surface area contributed by atoms with Crippen LogP contribution in [0.4, 0.5) is 4.39 Å². The first kappa shape index (κ1) is 9.46. The zero-order valence-electron chi connectivity index (χ0n) is 8.13. The lowest BCUT2D eigenvalue weighted by Crippen LogP contribution is -1.91. The maximum Gasteiger partial charge on any atom is 0.144 e. The molecule has 1 nitrogen and oxygen atoms in total. The number of hydrogen-bond donors (Lipinski definition) is 0. The van der Waals surface area contributed by atoms with Crippen molar-refractivity contribution in [2.45, 2.75) is 13.3 Å². The summed E-state index contributed by atoms with van der Waals surface area (Å²) in [6.45, 7) is 1.94. The molecule has 0 radical (unpaired) electrons. The van der Waals surface area contributed by atoms with Crippen molar-refractivity contribution >= 4 is 21.4 Å². The van der Waals surface area contributed by atoms with Crippen LogP contribution in [0.15, 0.2) is 17.5 Å². The van der Waals surface area contributed by atoms with Crippen LogP contribution in [0.1, 0.15) is 12.5 Å².